The van der Waals surface area contributed by atoms with Gasteiger partial charge in [-0.1, -0.05) is 0 Å². The van der Waals surface area contributed by atoms with Crippen LogP contribution in [0.4, 0.5) is 5.95 Å². The molecule has 1 aliphatic rings. The number of nitrogens with zero attached hydrogens (tertiary/aromatic N) is 6. The molecule has 1 saturated heterocycles. The predicted octanol–water partition coefficient (Wildman–Crippen LogP) is 0.523. The first-order valence-electron chi connectivity index (χ1n) is 6.18. The molecule has 0 N–H and O–H groups in total. The van der Waals surface area contributed by atoms with Gasteiger partial charge in [-0.25, -0.2) is 4.98 Å². The van der Waals surface area contributed by atoms with Crippen molar-refractivity contribution < 1.29 is 0 Å². The summed E-state index contributed by atoms with van der Waals surface area (Å²) < 4.78 is 0. The molecule has 1 fully saturated rings. The van der Waals surface area contributed by atoms with Gasteiger partial charge < -0.3 is 4.90 Å². The van der Waals surface area contributed by atoms with E-state index in [0.29, 0.717) is 5.95 Å². The van der Waals surface area contributed by atoms with Gasteiger partial charge in [-0.15, -0.1) is 5.10 Å². The molecule has 96 valence electrons. The number of piperazine rings is 1. The summed E-state index contributed by atoms with van der Waals surface area (Å²) >= 11 is 0. The second-order valence-electron chi connectivity index (χ2n) is 4.61. The topological polar surface area (TPSA) is 68.9 Å². The van der Waals surface area contributed by atoms with Crippen LogP contribution in [-0.2, 0) is 0 Å². The molecule has 1 aromatic rings. The highest BCUT2D eigenvalue weighted by Crippen LogP contribution is 2.12. The number of anilines is 1. The van der Waals surface area contributed by atoms with Crippen LogP contribution in [-0.4, -0.2) is 52.3 Å². The maximum Gasteiger partial charge on any atom is 0.245 e. The van der Waals surface area contributed by atoms with Crippen molar-refractivity contribution in [1.82, 2.24) is 20.1 Å². The van der Waals surface area contributed by atoms with Crippen LogP contribution < -0.4 is 4.90 Å². The Morgan fingerprint density at radius 1 is 1.11 bits per heavy atom. The molecular formula is C12H18N6. The molecule has 1 aliphatic heterocycles. The molecule has 1 atom stereocenters. The van der Waals surface area contributed by atoms with E-state index >= 15 is 0 Å². The highest BCUT2D eigenvalue weighted by Gasteiger charge is 2.22. The van der Waals surface area contributed by atoms with Crippen molar-refractivity contribution in [3.63, 3.8) is 0 Å². The minimum absolute atomic E-state index is 0.0223. The first-order valence-corrected chi connectivity index (χ1v) is 6.18. The Kier molecular flexibility index (Phi) is 3.72. The van der Waals surface area contributed by atoms with E-state index in [0.717, 1.165) is 37.6 Å². The van der Waals surface area contributed by atoms with Crippen molar-refractivity contribution >= 4 is 5.95 Å². The largest absolute Gasteiger partial charge is 0.337 e. The third-order valence-electron chi connectivity index (χ3n) is 3.41. The number of rotatable bonds is 2. The minimum Gasteiger partial charge on any atom is -0.337 e. The zero-order valence-corrected chi connectivity index (χ0v) is 11.1. The van der Waals surface area contributed by atoms with Crippen LogP contribution in [0.2, 0.25) is 0 Å². The Morgan fingerprint density at radius 2 is 1.78 bits per heavy atom. The van der Waals surface area contributed by atoms with Crippen molar-refractivity contribution in [3.05, 3.63) is 11.4 Å². The lowest BCUT2D eigenvalue weighted by Gasteiger charge is -2.35. The summed E-state index contributed by atoms with van der Waals surface area (Å²) in [4.78, 5) is 8.75. The van der Waals surface area contributed by atoms with Crippen molar-refractivity contribution in [1.29, 1.82) is 5.26 Å². The summed E-state index contributed by atoms with van der Waals surface area (Å²) in [6, 6.07) is 2.25. The maximum absolute atomic E-state index is 8.90. The van der Waals surface area contributed by atoms with Gasteiger partial charge in [-0.2, -0.15) is 10.4 Å². The Balaban J connectivity index is 2.01. The van der Waals surface area contributed by atoms with E-state index in [-0.39, 0.29) is 6.04 Å². The average molecular weight is 246 g/mol. The molecule has 0 aromatic carbocycles. The zero-order valence-electron chi connectivity index (χ0n) is 11.1. The van der Waals surface area contributed by atoms with E-state index in [2.05, 4.69) is 31.1 Å². The standard InChI is InChI=1S/C12H18N6/c1-9(8-13)17-4-6-18(7-5-17)12-14-10(2)11(3)15-16-12/h9H,4-7H2,1-3H3. The van der Waals surface area contributed by atoms with Crippen LogP contribution in [0.1, 0.15) is 18.3 Å². The summed E-state index contributed by atoms with van der Waals surface area (Å²) in [7, 11) is 0. The molecule has 6 nitrogen and oxygen atoms in total. The molecule has 6 heteroatoms. The van der Waals surface area contributed by atoms with Gasteiger partial charge in [0.15, 0.2) is 0 Å². The Labute approximate surface area is 107 Å². The van der Waals surface area contributed by atoms with Gasteiger partial charge in [0.1, 0.15) is 0 Å². The Hall–Kier alpha value is -1.74. The SMILES string of the molecule is Cc1nnc(N2CCN(C(C)C#N)CC2)nc1C. The lowest BCUT2D eigenvalue weighted by molar-refractivity contribution is 0.230. The minimum atomic E-state index is -0.0223. The van der Waals surface area contributed by atoms with Crippen molar-refractivity contribution in [2.24, 2.45) is 0 Å². The Bertz CT molecular complexity index is 458. The summed E-state index contributed by atoms with van der Waals surface area (Å²) in [6.07, 6.45) is 0. The van der Waals surface area contributed by atoms with Crippen molar-refractivity contribution in [2.75, 3.05) is 31.1 Å². The van der Waals surface area contributed by atoms with Gasteiger partial charge in [0.25, 0.3) is 0 Å². The lowest BCUT2D eigenvalue weighted by atomic mass is 10.2. The third kappa shape index (κ3) is 2.57. The van der Waals surface area contributed by atoms with Crippen LogP contribution in [0.25, 0.3) is 0 Å². The molecule has 0 spiro atoms. The number of hydrogen-bond acceptors (Lipinski definition) is 6. The molecule has 0 radical (unpaired) electrons. The fourth-order valence-electron chi connectivity index (χ4n) is 1.97. The van der Waals surface area contributed by atoms with E-state index in [1.165, 1.54) is 0 Å². The van der Waals surface area contributed by atoms with Gasteiger partial charge in [0.05, 0.1) is 23.5 Å². The number of aryl methyl sites for hydroxylation is 2. The highest BCUT2D eigenvalue weighted by molar-refractivity contribution is 5.30. The van der Waals surface area contributed by atoms with Crippen LogP contribution in [0, 0.1) is 25.2 Å². The molecular weight excluding hydrogens is 228 g/mol. The summed E-state index contributed by atoms with van der Waals surface area (Å²) in [5.74, 6) is 0.697. The monoisotopic (exact) mass is 246 g/mol. The van der Waals surface area contributed by atoms with E-state index in [9.17, 15) is 0 Å². The van der Waals surface area contributed by atoms with Gasteiger partial charge in [-0.3, -0.25) is 4.90 Å². The van der Waals surface area contributed by atoms with E-state index in [1.807, 2.05) is 20.8 Å². The lowest BCUT2D eigenvalue weighted by Crippen LogP contribution is -2.49. The second-order valence-corrected chi connectivity index (χ2v) is 4.61. The van der Waals surface area contributed by atoms with Crippen molar-refractivity contribution in [2.45, 2.75) is 26.8 Å². The van der Waals surface area contributed by atoms with Crippen LogP contribution >= 0.6 is 0 Å². The molecule has 0 aliphatic carbocycles. The molecule has 0 bridgehead atoms. The predicted molar refractivity (Wildman–Crippen MR) is 68.2 cm³/mol. The third-order valence-corrected chi connectivity index (χ3v) is 3.41. The van der Waals surface area contributed by atoms with E-state index < -0.39 is 0 Å². The highest BCUT2D eigenvalue weighted by atomic mass is 15.4. The molecule has 1 unspecified atom stereocenters. The summed E-state index contributed by atoms with van der Waals surface area (Å²) in [5, 5.41) is 17.1. The van der Waals surface area contributed by atoms with Gasteiger partial charge in [0.2, 0.25) is 5.95 Å². The number of hydrogen-bond donors (Lipinski definition) is 0. The summed E-state index contributed by atoms with van der Waals surface area (Å²) in [6.45, 7) is 9.21. The fourth-order valence-corrected chi connectivity index (χ4v) is 1.97. The maximum atomic E-state index is 8.90. The second kappa shape index (κ2) is 5.27. The normalized spacial score (nSPS) is 18.4. The molecule has 18 heavy (non-hydrogen) atoms. The quantitative estimate of drug-likeness (QED) is 0.758. The van der Waals surface area contributed by atoms with E-state index in [4.69, 9.17) is 5.26 Å². The number of nitriles is 1. The van der Waals surface area contributed by atoms with Gasteiger partial charge in [0, 0.05) is 26.2 Å². The molecule has 2 heterocycles. The number of aromatic nitrogens is 3. The van der Waals surface area contributed by atoms with Gasteiger partial charge >= 0.3 is 0 Å². The zero-order chi connectivity index (χ0) is 13.1. The van der Waals surface area contributed by atoms with Crippen LogP contribution in [0.5, 0.6) is 0 Å². The van der Waals surface area contributed by atoms with Crippen LogP contribution in [0.3, 0.4) is 0 Å². The molecule has 2 rings (SSSR count). The fraction of sp³-hybridized carbons (Fsp3) is 0.667. The summed E-state index contributed by atoms with van der Waals surface area (Å²) in [5.41, 5.74) is 1.79. The van der Waals surface area contributed by atoms with Gasteiger partial charge in [-0.05, 0) is 20.8 Å². The Morgan fingerprint density at radius 3 is 2.33 bits per heavy atom. The van der Waals surface area contributed by atoms with E-state index in [1.54, 1.807) is 0 Å². The smallest absolute Gasteiger partial charge is 0.245 e. The first-order chi connectivity index (χ1) is 8.61. The molecule has 0 saturated carbocycles. The van der Waals surface area contributed by atoms with Crippen LogP contribution in [0.15, 0.2) is 0 Å². The molecule has 0 amide bonds. The molecule has 1 aromatic heterocycles. The average Bonchev–Trinajstić information content (AvgIpc) is 2.41. The first kappa shape index (κ1) is 12.7. The van der Waals surface area contributed by atoms with Crippen molar-refractivity contribution in [3.8, 4) is 6.07 Å².